The van der Waals surface area contributed by atoms with Gasteiger partial charge in [0.2, 0.25) is 0 Å². The van der Waals surface area contributed by atoms with Crippen molar-refractivity contribution in [2.24, 2.45) is 0 Å². The fourth-order valence-electron chi connectivity index (χ4n) is 2.59. The topological polar surface area (TPSA) is 55.4 Å². The van der Waals surface area contributed by atoms with E-state index in [-0.39, 0.29) is 11.7 Å². The van der Waals surface area contributed by atoms with Gasteiger partial charge >= 0.3 is 0 Å². The van der Waals surface area contributed by atoms with E-state index in [1.807, 2.05) is 18.2 Å². The summed E-state index contributed by atoms with van der Waals surface area (Å²) in [4.78, 5) is 25.3. The summed E-state index contributed by atoms with van der Waals surface area (Å²) in [5, 5.41) is 2.82. The van der Waals surface area contributed by atoms with Gasteiger partial charge in [-0.15, -0.1) is 0 Å². The number of para-hydroxylation sites is 1. The number of ketones is 1. The maximum Gasteiger partial charge on any atom is 0.255 e. The molecule has 0 unspecified atom stereocenters. The Hall–Kier alpha value is -3.66. The number of benzene rings is 3. The Balaban J connectivity index is 1.79. The second-order valence-electron chi connectivity index (χ2n) is 5.82. The van der Waals surface area contributed by atoms with Crippen LogP contribution in [0.5, 0.6) is 5.75 Å². The Morgan fingerprint density at radius 2 is 1.52 bits per heavy atom. The van der Waals surface area contributed by atoms with Crippen LogP contribution in [0.1, 0.15) is 26.3 Å². The molecule has 0 aliphatic rings. The predicted octanol–water partition coefficient (Wildman–Crippen LogP) is 4.73. The van der Waals surface area contributed by atoms with Crippen LogP contribution in [0.25, 0.3) is 0 Å². The lowest BCUT2D eigenvalue weighted by molar-refractivity contribution is 0.102. The molecule has 0 aliphatic carbocycles. The quantitative estimate of drug-likeness (QED) is 0.491. The maximum atomic E-state index is 12.8. The highest BCUT2D eigenvalue weighted by atomic mass is 16.5. The highest BCUT2D eigenvalue weighted by molar-refractivity contribution is 6.15. The number of anilines is 1. The average molecular weight is 357 g/mol. The van der Waals surface area contributed by atoms with Crippen LogP contribution in [-0.4, -0.2) is 18.3 Å². The van der Waals surface area contributed by atoms with Gasteiger partial charge in [-0.3, -0.25) is 9.59 Å². The summed E-state index contributed by atoms with van der Waals surface area (Å²) in [5.41, 5.74) is 1.97. The Bertz CT molecular complexity index is 947. The zero-order valence-electron chi connectivity index (χ0n) is 14.7. The molecule has 3 aromatic rings. The Morgan fingerprint density at radius 3 is 2.22 bits per heavy atom. The number of carbonyl (C=O) groups is 2. The van der Waals surface area contributed by atoms with E-state index in [0.29, 0.717) is 34.7 Å². The standard InChI is InChI=1S/C23H19NO3/c1-2-16-27-19-14-12-18(13-15-19)23(26)24-21-11-7-6-10-20(21)22(25)17-8-4-3-5-9-17/h2-15H,1,16H2,(H,24,26). The van der Waals surface area contributed by atoms with Gasteiger partial charge in [-0.05, 0) is 36.4 Å². The minimum absolute atomic E-state index is 0.139. The summed E-state index contributed by atoms with van der Waals surface area (Å²) in [6, 6.07) is 22.8. The first-order valence-corrected chi connectivity index (χ1v) is 8.53. The van der Waals surface area contributed by atoms with Gasteiger partial charge in [0.1, 0.15) is 12.4 Å². The van der Waals surface area contributed by atoms with E-state index < -0.39 is 0 Å². The van der Waals surface area contributed by atoms with E-state index >= 15 is 0 Å². The summed E-state index contributed by atoms with van der Waals surface area (Å²) >= 11 is 0. The molecule has 0 atom stereocenters. The molecule has 4 nitrogen and oxygen atoms in total. The van der Waals surface area contributed by atoms with Gasteiger partial charge in [0, 0.05) is 16.7 Å². The number of amides is 1. The molecular weight excluding hydrogens is 338 g/mol. The van der Waals surface area contributed by atoms with Gasteiger partial charge in [-0.2, -0.15) is 0 Å². The molecule has 0 radical (unpaired) electrons. The number of ether oxygens (including phenoxy) is 1. The lowest BCUT2D eigenvalue weighted by Gasteiger charge is -2.11. The summed E-state index contributed by atoms with van der Waals surface area (Å²) < 4.78 is 5.41. The first-order valence-electron chi connectivity index (χ1n) is 8.53. The van der Waals surface area contributed by atoms with Crippen molar-refractivity contribution in [1.82, 2.24) is 0 Å². The number of hydrogen-bond acceptors (Lipinski definition) is 3. The molecule has 1 N–H and O–H groups in total. The predicted molar refractivity (Wildman–Crippen MR) is 106 cm³/mol. The molecule has 0 fully saturated rings. The lowest BCUT2D eigenvalue weighted by Crippen LogP contribution is -2.15. The van der Waals surface area contributed by atoms with Crippen LogP contribution in [0, 0.1) is 0 Å². The maximum absolute atomic E-state index is 12.8. The summed E-state index contributed by atoms with van der Waals surface area (Å²) in [6.07, 6.45) is 1.65. The number of nitrogens with one attached hydrogen (secondary N) is 1. The smallest absolute Gasteiger partial charge is 0.255 e. The third kappa shape index (κ3) is 4.50. The van der Waals surface area contributed by atoms with E-state index in [9.17, 15) is 9.59 Å². The molecule has 0 aromatic heterocycles. The fraction of sp³-hybridized carbons (Fsp3) is 0.0435. The summed E-state index contributed by atoms with van der Waals surface area (Å²) in [6.45, 7) is 4.00. The van der Waals surface area contributed by atoms with Crippen LogP contribution in [-0.2, 0) is 0 Å². The third-order valence-corrected chi connectivity index (χ3v) is 3.94. The first-order chi connectivity index (χ1) is 13.2. The van der Waals surface area contributed by atoms with Crippen molar-refractivity contribution in [3.05, 3.63) is 108 Å². The third-order valence-electron chi connectivity index (χ3n) is 3.94. The summed E-state index contributed by atoms with van der Waals surface area (Å²) in [5.74, 6) is 0.226. The van der Waals surface area contributed by atoms with Gasteiger partial charge in [-0.1, -0.05) is 55.1 Å². The second-order valence-corrected chi connectivity index (χ2v) is 5.82. The van der Waals surface area contributed by atoms with Crippen LogP contribution in [0.15, 0.2) is 91.5 Å². The van der Waals surface area contributed by atoms with Crippen molar-refractivity contribution in [2.45, 2.75) is 0 Å². The second kappa shape index (κ2) is 8.63. The molecule has 27 heavy (non-hydrogen) atoms. The molecule has 0 saturated carbocycles. The van der Waals surface area contributed by atoms with Crippen LogP contribution in [0.2, 0.25) is 0 Å². The van der Waals surface area contributed by atoms with Crippen molar-refractivity contribution in [3.8, 4) is 5.75 Å². The van der Waals surface area contributed by atoms with Gasteiger partial charge in [-0.25, -0.2) is 0 Å². The van der Waals surface area contributed by atoms with Crippen LogP contribution in [0.4, 0.5) is 5.69 Å². The first kappa shape index (κ1) is 18.1. The SMILES string of the molecule is C=CCOc1ccc(C(=O)Nc2ccccc2C(=O)c2ccccc2)cc1. The Kier molecular flexibility index (Phi) is 5.80. The molecule has 0 bridgehead atoms. The average Bonchev–Trinajstić information content (AvgIpc) is 2.73. The van der Waals surface area contributed by atoms with Crippen LogP contribution < -0.4 is 10.1 Å². The van der Waals surface area contributed by atoms with E-state index in [1.54, 1.807) is 66.7 Å². The van der Waals surface area contributed by atoms with Gasteiger partial charge in [0.25, 0.3) is 5.91 Å². The van der Waals surface area contributed by atoms with Crippen molar-refractivity contribution < 1.29 is 14.3 Å². The normalized spacial score (nSPS) is 10.1. The van der Waals surface area contributed by atoms with E-state index in [2.05, 4.69) is 11.9 Å². The summed E-state index contributed by atoms with van der Waals surface area (Å²) in [7, 11) is 0. The molecule has 1 amide bonds. The van der Waals surface area contributed by atoms with Crippen molar-refractivity contribution in [2.75, 3.05) is 11.9 Å². The van der Waals surface area contributed by atoms with Crippen LogP contribution >= 0.6 is 0 Å². The van der Waals surface area contributed by atoms with E-state index in [1.165, 1.54) is 0 Å². The highest BCUT2D eigenvalue weighted by Crippen LogP contribution is 2.21. The molecule has 0 aliphatic heterocycles. The molecule has 4 heteroatoms. The van der Waals surface area contributed by atoms with Gasteiger partial charge < -0.3 is 10.1 Å². The minimum Gasteiger partial charge on any atom is -0.490 e. The number of hydrogen-bond donors (Lipinski definition) is 1. The van der Waals surface area contributed by atoms with Gasteiger partial charge in [0.05, 0.1) is 5.69 Å². The number of rotatable bonds is 7. The minimum atomic E-state index is -0.293. The molecule has 134 valence electrons. The monoisotopic (exact) mass is 357 g/mol. The molecule has 3 rings (SSSR count). The molecule has 0 spiro atoms. The van der Waals surface area contributed by atoms with E-state index in [4.69, 9.17) is 4.74 Å². The molecule has 0 saturated heterocycles. The fourth-order valence-corrected chi connectivity index (χ4v) is 2.59. The van der Waals surface area contributed by atoms with Crippen LogP contribution in [0.3, 0.4) is 0 Å². The van der Waals surface area contributed by atoms with Crippen molar-refractivity contribution in [1.29, 1.82) is 0 Å². The lowest BCUT2D eigenvalue weighted by atomic mass is 10.0. The molecule has 0 heterocycles. The highest BCUT2D eigenvalue weighted by Gasteiger charge is 2.15. The van der Waals surface area contributed by atoms with E-state index in [0.717, 1.165) is 0 Å². The zero-order valence-corrected chi connectivity index (χ0v) is 14.7. The molecule has 3 aromatic carbocycles. The largest absolute Gasteiger partial charge is 0.490 e. The Morgan fingerprint density at radius 1 is 0.852 bits per heavy atom. The Labute approximate surface area is 158 Å². The molecular formula is C23H19NO3. The number of carbonyl (C=O) groups excluding carboxylic acids is 2. The van der Waals surface area contributed by atoms with Crippen molar-refractivity contribution in [3.63, 3.8) is 0 Å². The van der Waals surface area contributed by atoms with Gasteiger partial charge in [0.15, 0.2) is 5.78 Å². The van der Waals surface area contributed by atoms with Crippen molar-refractivity contribution >= 4 is 17.4 Å². The zero-order chi connectivity index (χ0) is 19.1.